The molecule has 1 N–H and O–H groups in total. The number of carbonyl (C=O) groups is 2. The van der Waals surface area contributed by atoms with E-state index >= 15 is 0 Å². The lowest BCUT2D eigenvalue weighted by atomic mass is 10.2. The molecule has 0 spiro atoms. The molecule has 0 radical (unpaired) electrons. The van der Waals surface area contributed by atoms with Gasteiger partial charge in [-0.1, -0.05) is 0 Å². The van der Waals surface area contributed by atoms with E-state index in [4.69, 9.17) is 9.52 Å². The van der Waals surface area contributed by atoms with Crippen LogP contribution in [-0.2, 0) is 0 Å². The lowest BCUT2D eigenvalue weighted by molar-refractivity contribution is 0.0696. The molecule has 19 heavy (non-hydrogen) atoms. The van der Waals surface area contributed by atoms with E-state index in [0.717, 1.165) is 6.26 Å². The highest BCUT2D eigenvalue weighted by Crippen LogP contribution is 2.17. The molecule has 0 atom stereocenters. The summed E-state index contributed by atoms with van der Waals surface area (Å²) in [5.74, 6) is -1.52. The average Bonchev–Trinajstić information content (AvgIpc) is 2.90. The first-order valence-electron chi connectivity index (χ1n) is 5.67. The predicted octanol–water partition coefficient (Wildman–Crippen LogP) is 2.04. The summed E-state index contributed by atoms with van der Waals surface area (Å²) in [6, 6.07) is 4.61. The number of carboxylic acid groups (broad SMARTS) is 1. The second-order valence-corrected chi connectivity index (χ2v) is 3.76. The quantitative estimate of drug-likeness (QED) is 0.909. The average molecular weight is 260 g/mol. The molecule has 0 saturated carbocycles. The van der Waals surface area contributed by atoms with Gasteiger partial charge < -0.3 is 14.4 Å². The van der Waals surface area contributed by atoms with Crippen LogP contribution in [0.25, 0.3) is 0 Å². The topological polar surface area (TPSA) is 83.6 Å². The van der Waals surface area contributed by atoms with Crippen molar-refractivity contribution in [1.82, 2.24) is 4.98 Å². The Labute approximate surface area is 109 Å². The summed E-state index contributed by atoms with van der Waals surface area (Å²) in [5, 5.41) is 8.80. The molecule has 98 valence electrons. The number of aromatic carboxylic acids is 1. The van der Waals surface area contributed by atoms with E-state index in [-0.39, 0.29) is 17.2 Å². The van der Waals surface area contributed by atoms with E-state index in [9.17, 15) is 9.59 Å². The van der Waals surface area contributed by atoms with Crippen molar-refractivity contribution < 1.29 is 19.1 Å². The first-order valence-corrected chi connectivity index (χ1v) is 5.67. The van der Waals surface area contributed by atoms with Crippen LogP contribution in [-0.4, -0.2) is 28.5 Å². The highest BCUT2D eigenvalue weighted by molar-refractivity contribution is 6.05. The van der Waals surface area contributed by atoms with Gasteiger partial charge in [0, 0.05) is 30.7 Å². The van der Waals surface area contributed by atoms with Gasteiger partial charge in [-0.3, -0.25) is 9.78 Å². The fourth-order valence-electron chi connectivity index (χ4n) is 1.66. The normalized spacial score (nSPS) is 10.2. The number of rotatable bonds is 4. The molecule has 0 aliphatic carbocycles. The maximum atomic E-state index is 12.2. The van der Waals surface area contributed by atoms with Crippen molar-refractivity contribution in [2.45, 2.75) is 6.92 Å². The molecule has 0 unspecified atom stereocenters. The predicted molar refractivity (Wildman–Crippen MR) is 67.3 cm³/mol. The molecule has 0 aromatic carbocycles. The maximum Gasteiger partial charge on any atom is 0.338 e. The molecule has 0 bridgehead atoms. The van der Waals surface area contributed by atoms with E-state index < -0.39 is 5.97 Å². The number of aromatic nitrogens is 1. The van der Waals surface area contributed by atoms with Crippen molar-refractivity contribution in [2.24, 2.45) is 0 Å². The van der Waals surface area contributed by atoms with Gasteiger partial charge in [-0.05, 0) is 19.1 Å². The summed E-state index contributed by atoms with van der Waals surface area (Å²) >= 11 is 0. The minimum atomic E-state index is -1.13. The van der Waals surface area contributed by atoms with E-state index in [1.807, 2.05) is 6.92 Å². The smallest absolute Gasteiger partial charge is 0.338 e. The van der Waals surface area contributed by atoms with Gasteiger partial charge in [0.2, 0.25) is 0 Å². The number of furan rings is 1. The number of carboxylic acids is 1. The van der Waals surface area contributed by atoms with E-state index in [1.54, 1.807) is 24.5 Å². The molecule has 0 aliphatic heterocycles. The molecule has 0 fully saturated rings. The fourth-order valence-corrected chi connectivity index (χ4v) is 1.66. The Balaban J connectivity index is 2.28. The second kappa shape index (κ2) is 5.34. The summed E-state index contributed by atoms with van der Waals surface area (Å²) in [6.45, 7) is 2.26. The Morgan fingerprint density at radius 2 is 2.05 bits per heavy atom. The first kappa shape index (κ1) is 12.8. The fraction of sp³-hybridized carbons (Fsp3) is 0.154. The molecular weight excluding hydrogens is 248 g/mol. The Kier molecular flexibility index (Phi) is 3.61. The van der Waals surface area contributed by atoms with Gasteiger partial charge in [0.05, 0.1) is 5.56 Å². The molecule has 2 rings (SSSR count). The Morgan fingerprint density at radius 1 is 1.37 bits per heavy atom. The number of hydrogen-bond acceptors (Lipinski definition) is 4. The van der Waals surface area contributed by atoms with Gasteiger partial charge >= 0.3 is 5.97 Å². The van der Waals surface area contributed by atoms with E-state index in [2.05, 4.69) is 4.98 Å². The number of carbonyl (C=O) groups excluding carboxylic acids is 1. The van der Waals surface area contributed by atoms with Gasteiger partial charge in [-0.15, -0.1) is 0 Å². The van der Waals surface area contributed by atoms with E-state index in [0.29, 0.717) is 12.2 Å². The molecule has 0 saturated heterocycles. The molecule has 1 amide bonds. The van der Waals surface area contributed by atoms with E-state index in [1.165, 1.54) is 11.0 Å². The van der Waals surface area contributed by atoms with Crippen LogP contribution >= 0.6 is 0 Å². The molecule has 2 aromatic rings. The van der Waals surface area contributed by atoms with Crippen molar-refractivity contribution in [3.8, 4) is 0 Å². The third-order valence-electron chi connectivity index (χ3n) is 2.59. The summed E-state index contributed by atoms with van der Waals surface area (Å²) in [7, 11) is 0. The van der Waals surface area contributed by atoms with Gasteiger partial charge in [-0.25, -0.2) is 4.79 Å². The number of anilines is 1. The Morgan fingerprint density at radius 3 is 2.58 bits per heavy atom. The number of hydrogen-bond donors (Lipinski definition) is 1. The van der Waals surface area contributed by atoms with Crippen LogP contribution in [0.5, 0.6) is 0 Å². The van der Waals surface area contributed by atoms with Crippen molar-refractivity contribution in [2.75, 3.05) is 11.4 Å². The molecular formula is C13H12N2O4. The highest BCUT2D eigenvalue weighted by Gasteiger charge is 2.21. The maximum absolute atomic E-state index is 12.2. The zero-order valence-corrected chi connectivity index (χ0v) is 10.2. The van der Waals surface area contributed by atoms with Gasteiger partial charge in [0.1, 0.15) is 6.26 Å². The largest absolute Gasteiger partial charge is 0.478 e. The molecule has 0 aliphatic rings. The zero-order valence-electron chi connectivity index (χ0n) is 10.2. The van der Waals surface area contributed by atoms with Gasteiger partial charge in [0.25, 0.3) is 5.91 Å². The van der Waals surface area contributed by atoms with Crippen LogP contribution in [0.3, 0.4) is 0 Å². The van der Waals surface area contributed by atoms with Crippen LogP contribution < -0.4 is 4.90 Å². The second-order valence-electron chi connectivity index (χ2n) is 3.76. The standard InChI is InChI=1S/C13H12N2O4/c1-2-15(10-3-5-14-6-4-10)12(16)11-7-9(8-19-11)13(17)18/h3-8H,2H2,1H3,(H,17,18). The van der Waals surface area contributed by atoms with Crippen LogP contribution in [0.15, 0.2) is 41.3 Å². The first-order chi connectivity index (χ1) is 9.13. The molecule has 6 heteroatoms. The summed E-state index contributed by atoms with van der Waals surface area (Å²) in [4.78, 5) is 28.3. The van der Waals surface area contributed by atoms with Crippen LogP contribution in [0.1, 0.15) is 27.8 Å². The SMILES string of the molecule is CCN(C(=O)c1cc(C(=O)O)co1)c1ccncc1. The molecule has 2 aromatic heterocycles. The number of amides is 1. The zero-order chi connectivity index (χ0) is 13.8. The summed E-state index contributed by atoms with van der Waals surface area (Å²) in [5.41, 5.74) is 0.630. The molecule has 2 heterocycles. The molecule has 6 nitrogen and oxygen atoms in total. The van der Waals surface area contributed by atoms with Crippen molar-refractivity contribution >= 4 is 17.6 Å². The summed E-state index contributed by atoms with van der Waals surface area (Å²) < 4.78 is 5.00. The van der Waals surface area contributed by atoms with Crippen molar-refractivity contribution in [3.63, 3.8) is 0 Å². The highest BCUT2D eigenvalue weighted by atomic mass is 16.4. The van der Waals surface area contributed by atoms with Gasteiger partial charge in [0.15, 0.2) is 5.76 Å². The van der Waals surface area contributed by atoms with Crippen LogP contribution in [0, 0.1) is 0 Å². The summed E-state index contributed by atoms with van der Waals surface area (Å²) in [6.07, 6.45) is 4.21. The Hall–Kier alpha value is -2.63. The van der Waals surface area contributed by atoms with Crippen LogP contribution in [0.4, 0.5) is 5.69 Å². The third kappa shape index (κ3) is 2.62. The minimum Gasteiger partial charge on any atom is -0.478 e. The van der Waals surface area contributed by atoms with Gasteiger partial charge in [-0.2, -0.15) is 0 Å². The Bertz CT molecular complexity index is 592. The number of pyridine rings is 1. The number of nitrogens with zero attached hydrogens (tertiary/aromatic N) is 2. The monoisotopic (exact) mass is 260 g/mol. The lowest BCUT2D eigenvalue weighted by Gasteiger charge is -2.19. The third-order valence-corrected chi connectivity index (χ3v) is 2.59. The van der Waals surface area contributed by atoms with Crippen LogP contribution in [0.2, 0.25) is 0 Å². The lowest BCUT2D eigenvalue weighted by Crippen LogP contribution is -2.30. The minimum absolute atomic E-state index is 0.00365. The van der Waals surface area contributed by atoms with Crippen molar-refractivity contribution in [3.05, 3.63) is 48.2 Å². The van der Waals surface area contributed by atoms with Crippen molar-refractivity contribution in [1.29, 1.82) is 0 Å².